The molecule has 82 valence electrons. The van der Waals surface area contributed by atoms with E-state index in [0.717, 1.165) is 11.3 Å². The van der Waals surface area contributed by atoms with Crippen LogP contribution in [0.3, 0.4) is 0 Å². The first kappa shape index (κ1) is 10.8. The Labute approximate surface area is 95.9 Å². The summed E-state index contributed by atoms with van der Waals surface area (Å²) in [6.45, 7) is 2.68. The van der Waals surface area contributed by atoms with Crippen LogP contribution in [-0.4, -0.2) is 11.6 Å². The number of benzene rings is 1. The van der Waals surface area contributed by atoms with Crippen LogP contribution >= 0.6 is 0 Å². The van der Waals surface area contributed by atoms with Crippen molar-refractivity contribution in [2.75, 3.05) is 6.61 Å². The van der Waals surface area contributed by atoms with E-state index in [1.807, 2.05) is 43.3 Å². The highest BCUT2D eigenvalue weighted by Crippen LogP contribution is 2.23. The van der Waals surface area contributed by atoms with Crippen molar-refractivity contribution in [3.63, 3.8) is 0 Å². The number of ether oxygens (including phenoxy) is 1. The van der Waals surface area contributed by atoms with E-state index in [4.69, 9.17) is 4.74 Å². The van der Waals surface area contributed by atoms with Gasteiger partial charge in [-0.1, -0.05) is 36.4 Å². The van der Waals surface area contributed by atoms with E-state index in [2.05, 4.69) is 17.1 Å². The lowest BCUT2D eigenvalue weighted by molar-refractivity contribution is 0.0884. The van der Waals surface area contributed by atoms with Crippen molar-refractivity contribution in [2.24, 2.45) is 0 Å². The topological polar surface area (TPSA) is 22.1 Å². The smallest absolute Gasteiger partial charge is 0.124 e. The Hall–Kier alpha value is -1.67. The van der Waals surface area contributed by atoms with Crippen molar-refractivity contribution >= 4 is 0 Å². The Balaban J connectivity index is 2.31. The second-order valence-electron chi connectivity index (χ2n) is 3.50. The SMILES string of the molecule is CCOC(c1ccccc1)c1ccccn1. The van der Waals surface area contributed by atoms with Crippen LogP contribution in [0.25, 0.3) is 0 Å². The molecule has 0 bridgehead atoms. The van der Waals surface area contributed by atoms with Crippen LogP contribution in [0.5, 0.6) is 0 Å². The fourth-order valence-corrected chi connectivity index (χ4v) is 1.68. The lowest BCUT2D eigenvalue weighted by atomic mass is 10.1. The molecule has 0 saturated heterocycles. The molecule has 1 heterocycles. The summed E-state index contributed by atoms with van der Waals surface area (Å²) < 4.78 is 5.75. The first-order valence-corrected chi connectivity index (χ1v) is 5.49. The second kappa shape index (κ2) is 5.42. The van der Waals surface area contributed by atoms with E-state index >= 15 is 0 Å². The van der Waals surface area contributed by atoms with Gasteiger partial charge >= 0.3 is 0 Å². The minimum Gasteiger partial charge on any atom is -0.367 e. The first-order chi connectivity index (χ1) is 7.92. The highest BCUT2D eigenvalue weighted by atomic mass is 16.5. The fourth-order valence-electron chi connectivity index (χ4n) is 1.68. The predicted octanol–water partition coefficient (Wildman–Crippen LogP) is 3.21. The Morgan fingerprint density at radius 1 is 1.06 bits per heavy atom. The Morgan fingerprint density at radius 2 is 1.81 bits per heavy atom. The predicted molar refractivity (Wildman–Crippen MR) is 64.1 cm³/mol. The van der Waals surface area contributed by atoms with Crippen molar-refractivity contribution in [1.82, 2.24) is 4.98 Å². The van der Waals surface area contributed by atoms with E-state index in [1.54, 1.807) is 6.20 Å². The zero-order valence-corrected chi connectivity index (χ0v) is 9.34. The van der Waals surface area contributed by atoms with Gasteiger partial charge in [-0.05, 0) is 24.6 Å². The van der Waals surface area contributed by atoms with Gasteiger partial charge in [-0.15, -0.1) is 0 Å². The number of rotatable bonds is 4. The Morgan fingerprint density at radius 3 is 2.44 bits per heavy atom. The lowest BCUT2D eigenvalue weighted by Gasteiger charge is -2.16. The normalized spacial score (nSPS) is 12.3. The number of hydrogen-bond donors (Lipinski definition) is 0. The third-order valence-corrected chi connectivity index (χ3v) is 2.39. The van der Waals surface area contributed by atoms with Gasteiger partial charge in [0, 0.05) is 12.8 Å². The number of hydrogen-bond acceptors (Lipinski definition) is 2. The number of pyridine rings is 1. The molecule has 1 aromatic heterocycles. The Kier molecular flexibility index (Phi) is 3.67. The van der Waals surface area contributed by atoms with Gasteiger partial charge in [0.2, 0.25) is 0 Å². The molecule has 0 fully saturated rings. The summed E-state index contributed by atoms with van der Waals surface area (Å²) in [5, 5.41) is 0. The highest BCUT2D eigenvalue weighted by Gasteiger charge is 2.14. The number of aromatic nitrogens is 1. The zero-order valence-electron chi connectivity index (χ0n) is 9.34. The van der Waals surface area contributed by atoms with Crippen LogP contribution in [0.4, 0.5) is 0 Å². The molecule has 2 nitrogen and oxygen atoms in total. The summed E-state index contributed by atoms with van der Waals surface area (Å²) in [5.74, 6) is 0. The minimum absolute atomic E-state index is 0.0626. The molecule has 1 atom stereocenters. The standard InChI is InChI=1S/C14H15NO/c1-2-16-14(12-8-4-3-5-9-12)13-10-6-7-11-15-13/h3-11,14H,2H2,1H3. The van der Waals surface area contributed by atoms with Gasteiger partial charge in [0.1, 0.15) is 6.10 Å². The molecule has 0 radical (unpaired) electrons. The van der Waals surface area contributed by atoms with Crippen molar-refractivity contribution in [3.05, 3.63) is 66.0 Å². The van der Waals surface area contributed by atoms with Gasteiger partial charge in [0.05, 0.1) is 5.69 Å². The van der Waals surface area contributed by atoms with Gasteiger partial charge in [-0.25, -0.2) is 0 Å². The van der Waals surface area contributed by atoms with Crippen molar-refractivity contribution in [2.45, 2.75) is 13.0 Å². The maximum atomic E-state index is 5.75. The molecule has 1 unspecified atom stereocenters. The van der Waals surface area contributed by atoms with E-state index in [1.165, 1.54) is 0 Å². The molecule has 16 heavy (non-hydrogen) atoms. The average molecular weight is 213 g/mol. The summed E-state index contributed by atoms with van der Waals surface area (Å²) in [7, 11) is 0. The summed E-state index contributed by atoms with van der Waals surface area (Å²) >= 11 is 0. The fraction of sp³-hybridized carbons (Fsp3) is 0.214. The maximum absolute atomic E-state index is 5.75. The summed E-state index contributed by atoms with van der Waals surface area (Å²) in [6.07, 6.45) is 1.73. The molecule has 0 saturated carbocycles. The van der Waals surface area contributed by atoms with E-state index in [9.17, 15) is 0 Å². The maximum Gasteiger partial charge on any atom is 0.124 e. The largest absolute Gasteiger partial charge is 0.367 e. The summed E-state index contributed by atoms with van der Waals surface area (Å²) in [5.41, 5.74) is 2.10. The van der Waals surface area contributed by atoms with E-state index < -0.39 is 0 Å². The van der Waals surface area contributed by atoms with Gasteiger partial charge in [-0.3, -0.25) is 4.98 Å². The molecular formula is C14H15NO. The van der Waals surface area contributed by atoms with E-state index in [0.29, 0.717) is 6.61 Å². The van der Waals surface area contributed by atoms with Crippen LogP contribution in [0.2, 0.25) is 0 Å². The van der Waals surface area contributed by atoms with Crippen molar-refractivity contribution in [3.8, 4) is 0 Å². The van der Waals surface area contributed by atoms with Crippen LogP contribution in [0.15, 0.2) is 54.7 Å². The lowest BCUT2D eigenvalue weighted by Crippen LogP contribution is -2.07. The molecule has 0 aliphatic heterocycles. The van der Waals surface area contributed by atoms with Crippen LogP contribution in [0, 0.1) is 0 Å². The highest BCUT2D eigenvalue weighted by molar-refractivity contribution is 5.25. The van der Waals surface area contributed by atoms with Crippen LogP contribution in [0.1, 0.15) is 24.3 Å². The summed E-state index contributed by atoms with van der Waals surface area (Å²) in [6, 6.07) is 16.1. The molecule has 0 aliphatic carbocycles. The second-order valence-corrected chi connectivity index (χ2v) is 3.50. The third kappa shape index (κ3) is 2.47. The van der Waals surface area contributed by atoms with Gasteiger partial charge < -0.3 is 4.74 Å². The van der Waals surface area contributed by atoms with Crippen LogP contribution < -0.4 is 0 Å². The van der Waals surface area contributed by atoms with Crippen molar-refractivity contribution < 1.29 is 4.74 Å². The minimum atomic E-state index is -0.0626. The first-order valence-electron chi connectivity index (χ1n) is 5.49. The van der Waals surface area contributed by atoms with Crippen LogP contribution in [-0.2, 0) is 4.74 Å². The average Bonchev–Trinajstić information content (AvgIpc) is 2.38. The number of nitrogens with zero attached hydrogens (tertiary/aromatic N) is 1. The third-order valence-electron chi connectivity index (χ3n) is 2.39. The molecule has 2 rings (SSSR count). The molecule has 0 aliphatic rings. The van der Waals surface area contributed by atoms with E-state index in [-0.39, 0.29) is 6.10 Å². The van der Waals surface area contributed by atoms with Crippen molar-refractivity contribution in [1.29, 1.82) is 0 Å². The Bertz CT molecular complexity index is 374. The molecule has 0 amide bonds. The van der Waals surface area contributed by atoms with Gasteiger partial charge in [-0.2, -0.15) is 0 Å². The molecule has 0 spiro atoms. The molecule has 1 aromatic carbocycles. The quantitative estimate of drug-likeness (QED) is 0.778. The zero-order chi connectivity index (χ0) is 11.2. The molecular weight excluding hydrogens is 198 g/mol. The van der Waals surface area contributed by atoms with Gasteiger partial charge in [0.15, 0.2) is 0 Å². The van der Waals surface area contributed by atoms with Gasteiger partial charge in [0.25, 0.3) is 0 Å². The molecule has 2 aromatic rings. The molecule has 2 heteroatoms. The summed E-state index contributed by atoms with van der Waals surface area (Å²) in [4.78, 5) is 4.35. The molecule has 0 N–H and O–H groups in total. The monoisotopic (exact) mass is 213 g/mol.